The number of nitrogens with one attached hydrogen (secondary N) is 2. The van der Waals surface area contributed by atoms with Crippen LogP contribution in [-0.4, -0.2) is 27.5 Å². The first-order valence-electron chi connectivity index (χ1n) is 8.40. The van der Waals surface area contributed by atoms with Crippen LogP contribution >= 0.6 is 0 Å². The molecule has 0 aromatic heterocycles. The van der Waals surface area contributed by atoms with E-state index in [9.17, 15) is 13.2 Å². The van der Waals surface area contributed by atoms with Gasteiger partial charge < -0.3 is 9.47 Å². The van der Waals surface area contributed by atoms with Crippen molar-refractivity contribution in [2.45, 2.75) is 18.7 Å². The zero-order valence-corrected chi connectivity index (χ0v) is 16.0. The van der Waals surface area contributed by atoms with Gasteiger partial charge in [-0.15, -0.1) is 4.83 Å². The van der Waals surface area contributed by atoms with Crippen LogP contribution in [0.5, 0.6) is 11.5 Å². The fraction of sp³-hybridized carbons (Fsp3) is 0.211. The van der Waals surface area contributed by atoms with Gasteiger partial charge in [-0.1, -0.05) is 18.2 Å². The lowest BCUT2D eigenvalue weighted by atomic mass is 10.2. The van der Waals surface area contributed by atoms with Crippen molar-refractivity contribution in [3.63, 3.8) is 0 Å². The van der Waals surface area contributed by atoms with Crippen molar-refractivity contribution in [3.05, 3.63) is 60.2 Å². The number of benzene rings is 2. The summed E-state index contributed by atoms with van der Waals surface area (Å²) in [6.45, 7) is 4.68. The molecule has 1 amide bonds. The number of carbonyl (C=O) groups excluding carboxylic acids is 1. The molecule has 0 aliphatic carbocycles. The Bertz CT molecular complexity index is 893. The molecule has 0 fully saturated rings. The molecule has 2 rings (SSSR count). The topological polar surface area (TPSA) is 93.7 Å². The van der Waals surface area contributed by atoms with Crippen molar-refractivity contribution in [1.82, 2.24) is 10.3 Å². The summed E-state index contributed by atoms with van der Waals surface area (Å²) < 4.78 is 35.1. The van der Waals surface area contributed by atoms with E-state index in [2.05, 4.69) is 10.3 Å². The number of hydrogen-bond donors (Lipinski definition) is 2. The van der Waals surface area contributed by atoms with E-state index in [0.29, 0.717) is 30.3 Å². The van der Waals surface area contributed by atoms with Gasteiger partial charge in [-0.25, -0.2) is 8.42 Å². The molecule has 0 saturated heterocycles. The Morgan fingerprint density at radius 3 is 2.33 bits per heavy atom. The molecule has 2 aromatic carbocycles. The number of para-hydroxylation sites is 1. The number of sulfonamides is 1. The third-order valence-corrected chi connectivity index (χ3v) is 4.65. The highest BCUT2D eigenvalue weighted by molar-refractivity contribution is 7.89. The quantitative estimate of drug-likeness (QED) is 0.507. The predicted molar refractivity (Wildman–Crippen MR) is 103 cm³/mol. The van der Waals surface area contributed by atoms with Gasteiger partial charge in [0.2, 0.25) is 0 Å². The van der Waals surface area contributed by atoms with E-state index in [1.807, 2.05) is 26.0 Å². The minimum Gasteiger partial charge on any atom is -0.494 e. The molecule has 144 valence electrons. The molecule has 2 N–H and O–H groups in total. The van der Waals surface area contributed by atoms with Gasteiger partial charge in [0.1, 0.15) is 11.5 Å². The molecule has 2 aromatic rings. The summed E-state index contributed by atoms with van der Waals surface area (Å²) in [6.07, 6.45) is 2.77. The monoisotopic (exact) mass is 390 g/mol. The van der Waals surface area contributed by atoms with E-state index in [-0.39, 0.29) is 4.90 Å². The number of hydrogen-bond acceptors (Lipinski definition) is 5. The number of amides is 1. The van der Waals surface area contributed by atoms with Crippen molar-refractivity contribution < 1.29 is 22.7 Å². The summed E-state index contributed by atoms with van der Waals surface area (Å²) >= 11 is 0. The Labute approximate surface area is 159 Å². The number of hydrazine groups is 1. The second-order valence-electron chi connectivity index (χ2n) is 5.30. The van der Waals surface area contributed by atoms with E-state index in [1.54, 1.807) is 30.3 Å². The number of carbonyl (C=O) groups is 1. The van der Waals surface area contributed by atoms with Crippen LogP contribution in [0.1, 0.15) is 19.4 Å². The summed E-state index contributed by atoms with van der Waals surface area (Å²) in [7, 11) is -3.88. The van der Waals surface area contributed by atoms with Crippen LogP contribution in [-0.2, 0) is 14.8 Å². The average Bonchev–Trinajstić information content (AvgIpc) is 2.67. The highest BCUT2D eigenvalue weighted by atomic mass is 32.2. The first-order valence-corrected chi connectivity index (χ1v) is 9.89. The maximum absolute atomic E-state index is 12.2. The fourth-order valence-corrected chi connectivity index (χ4v) is 3.02. The summed E-state index contributed by atoms with van der Waals surface area (Å²) in [6, 6.07) is 13.1. The van der Waals surface area contributed by atoms with Crippen LogP contribution in [0, 0.1) is 0 Å². The predicted octanol–water partition coefficient (Wildman–Crippen LogP) is 2.51. The lowest BCUT2D eigenvalue weighted by molar-refractivity contribution is -0.116. The van der Waals surface area contributed by atoms with Gasteiger partial charge in [0.05, 0.1) is 18.1 Å². The molecule has 7 nitrogen and oxygen atoms in total. The standard InChI is InChI=1S/C19H22N2O5S/c1-3-25-16-10-12-17(13-11-16)27(23,24)21-20-19(22)14-9-15-7-5-6-8-18(15)26-4-2/h5-14,21H,3-4H2,1-2H3,(H,20,22)/b14-9+. The van der Waals surface area contributed by atoms with Crippen molar-refractivity contribution in [2.75, 3.05) is 13.2 Å². The molecule has 27 heavy (non-hydrogen) atoms. The molecule has 0 atom stereocenters. The smallest absolute Gasteiger partial charge is 0.258 e. The zero-order valence-electron chi connectivity index (χ0n) is 15.1. The van der Waals surface area contributed by atoms with Crippen molar-refractivity contribution in [1.29, 1.82) is 0 Å². The molecular formula is C19H22N2O5S. The molecule has 8 heteroatoms. The molecule has 0 unspecified atom stereocenters. The van der Waals surface area contributed by atoms with Gasteiger partial charge in [-0.2, -0.15) is 0 Å². The van der Waals surface area contributed by atoms with Crippen LogP contribution in [0.2, 0.25) is 0 Å². The second-order valence-corrected chi connectivity index (χ2v) is 6.99. The second kappa shape index (κ2) is 9.75. The van der Waals surface area contributed by atoms with Gasteiger partial charge in [0.15, 0.2) is 0 Å². The normalized spacial score (nSPS) is 11.3. The molecule has 0 radical (unpaired) electrons. The van der Waals surface area contributed by atoms with Gasteiger partial charge in [-0.05, 0) is 50.3 Å². The molecule has 0 heterocycles. The molecular weight excluding hydrogens is 368 g/mol. The average molecular weight is 390 g/mol. The summed E-state index contributed by atoms with van der Waals surface area (Å²) in [5.74, 6) is 0.589. The lowest BCUT2D eigenvalue weighted by Gasteiger charge is -2.08. The molecule has 0 spiro atoms. The van der Waals surface area contributed by atoms with Gasteiger partial charge in [-0.3, -0.25) is 10.2 Å². The lowest BCUT2D eigenvalue weighted by Crippen LogP contribution is -2.40. The summed E-state index contributed by atoms with van der Waals surface area (Å²) in [4.78, 5) is 14.0. The maximum Gasteiger partial charge on any atom is 0.258 e. The first-order chi connectivity index (χ1) is 13.0. The highest BCUT2D eigenvalue weighted by Crippen LogP contribution is 2.19. The Hall–Kier alpha value is -2.84. The van der Waals surface area contributed by atoms with E-state index >= 15 is 0 Å². The number of rotatable bonds is 9. The molecule has 0 bridgehead atoms. The number of ether oxygens (including phenoxy) is 2. The Morgan fingerprint density at radius 2 is 1.67 bits per heavy atom. The van der Waals surface area contributed by atoms with Gasteiger partial charge in [0, 0.05) is 11.6 Å². The van der Waals surface area contributed by atoms with Crippen LogP contribution in [0.15, 0.2) is 59.5 Å². The minimum atomic E-state index is -3.88. The van der Waals surface area contributed by atoms with E-state index in [1.165, 1.54) is 18.2 Å². The van der Waals surface area contributed by atoms with Gasteiger partial charge in [0.25, 0.3) is 15.9 Å². The Kier molecular flexibility index (Phi) is 7.39. The third kappa shape index (κ3) is 6.12. The SMILES string of the molecule is CCOc1ccc(S(=O)(=O)NNC(=O)/C=C/c2ccccc2OCC)cc1. The summed E-state index contributed by atoms with van der Waals surface area (Å²) in [5, 5.41) is 0. The van der Waals surface area contributed by atoms with E-state index < -0.39 is 15.9 Å². The Morgan fingerprint density at radius 1 is 1.00 bits per heavy atom. The first kappa shape index (κ1) is 20.5. The van der Waals surface area contributed by atoms with E-state index in [4.69, 9.17) is 9.47 Å². The Balaban J connectivity index is 1.98. The van der Waals surface area contributed by atoms with Crippen molar-refractivity contribution in [2.24, 2.45) is 0 Å². The zero-order chi connectivity index (χ0) is 19.7. The minimum absolute atomic E-state index is 0.0110. The van der Waals surface area contributed by atoms with E-state index in [0.717, 1.165) is 0 Å². The summed E-state index contributed by atoms with van der Waals surface area (Å²) in [5.41, 5.74) is 2.86. The largest absolute Gasteiger partial charge is 0.494 e. The van der Waals surface area contributed by atoms with Crippen LogP contribution in [0.4, 0.5) is 0 Å². The van der Waals surface area contributed by atoms with Crippen LogP contribution in [0.3, 0.4) is 0 Å². The fourth-order valence-electron chi connectivity index (χ4n) is 2.17. The van der Waals surface area contributed by atoms with Crippen molar-refractivity contribution in [3.8, 4) is 11.5 Å². The van der Waals surface area contributed by atoms with Crippen LogP contribution < -0.4 is 19.7 Å². The molecule has 0 aliphatic heterocycles. The van der Waals surface area contributed by atoms with Crippen molar-refractivity contribution >= 4 is 22.0 Å². The third-order valence-electron chi connectivity index (χ3n) is 3.39. The highest BCUT2D eigenvalue weighted by Gasteiger charge is 2.14. The molecule has 0 aliphatic rings. The molecule has 0 saturated carbocycles. The van der Waals surface area contributed by atoms with Crippen LogP contribution in [0.25, 0.3) is 6.08 Å². The van der Waals surface area contributed by atoms with Gasteiger partial charge >= 0.3 is 0 Å². The maximum atomic E-state index is 12.2.